The summed E-state index contributed by atoms with van der Waals surface area (Å²) in [6.07, 6.45) is 5.58. The summed E-state index contributed by atoms with van der Waals surface area (Å²) < 4.78 is 5.15. The molecule has 10 heteroatoms. The number of nitrogens with one attached hydrogen (secondary N) is 3. The molecule has 1 aliphatic rings. The number of aromatic amines is 2. The number of fused-ring (bicyclic) bond motifs is 1. The van der Waals surface area contributed by atoms with Gasteiger partial charge in [0.25, 0.3) is 0 Å². The Hall–Kier alpha value is -3.56. The first kappa shape index (κ1) is 16.6. The van der Waals surface area contributed by atoms with Gasteiger partial charge in [-0.05, 0) is 31.0 Å². The van der Waals surface area contributed by atoms with Crippen LogP contribution in [0.25, 0.3) is 22.7 Å². The topological polar surface area (TPSA) is 138 Å². The van der Waals surface area contributed by atoms with E-state index in [-0.39, 0.29) is 12.3 Å². The molecule has 142 valence electrons. The number of hydrogen-bond donors (Lipinski definition) is 3. The maximum absolute atomic E-state index is 12.3. The minimum atomic E-state index is -0.127. The number of aryl methyl sites for hydroxylation is 1. The summed E-state index contributed by atoms with van der Waals surface area (Å²) in [6, 6.07) is 5.70. The number of H-pyrrole nitrogens is 2. The monoisotopic (exact) mass is 378 g/mol. The van der Waals surface area contributed by atoms with Crippen molar-refractivity contribution in [2.45, 2.75) is 38.0 Å². The normalized spacial score (nSPS) is 14.3. The van der Waals surface area contributed by atoms with E-state index in [2.05, 4.69) is 40.6 Å². The summed E-state index contributed by atoms with van der Waals surface area (Å²) in [6.45, 7) is 0. The van der Waals surface area contributed by atoms with Crippen molar-refractivity contribution in [3.8, 4) is 11.6 Å². The van der Waals surface area contributed by atoms with Crippen molar-refractivity contribution in [2.75, 3.05) is 5.32 Å². The number of imidazole rings is 1. The van der Waals surface area contributed by atoms with Gasteiger partial charge < -0.3 is 14.8 Å². The highest BCUT2D eigenvalue weighted by Gasteiger charge is 2.22. The molecule has 0 aliphatic heterocycles. The van der Waals surface area contributed by atoms with Crippen molar-refractivity contribution in [3.63, 3.8) is 0 Å². The van der Waals surface area contributed by atoms with E-state index in [9.17, 15) is 4.79 Å². The van der Waals surface area contributed by atoms with Crippen molar-refractivity contribution in [3.05, 3.63) is 36.2 Å². The molecule has 1 aliphatic carbocycles. The van der Waals surface area contributed by atoms with E-state index < -0.39 is 0 Å². The molecule has 10 nitrogen and oxygen atoms in total. The molecule has 1 fully saturated rings. The fraction of sp³-hybridized carbons (Fsp3) is 0.333. The molecular weight excluding hydrogens is 360 g/mol. The van der Waals surface area contributed by atoms with Crippen LogP contribution in [-0.4, -0.2) is 41.2 Å². The van der Waals surface area contributed by atoms with Crippen LogP contribution in [0, 0.1) is 0 Å². The summed E-state index contributed by atoms with van der Waals surface area (Å²) in [5.74, 6) is 2.58. The van der Waals surface area contributed by atoms with Crippen LogP contribution in [0.3, 0.4) is 0 Å². The Bertz CT molecular complexity index is 1110. The standard InChI is InChI=1S/C18H18N8O2/c27-14(6-7-15-24-18(26-28-15)17-19-9-20-25-17)21-11-4-5-12-13(8-11)23-16(22-12)10-2-1-3-10/h4-5,8-10H,1-3,6-7H2,(H,21,27)(H,22,23)(H,19,20,25). The van der Waals surface area contributed by atoms with Crippen LogP contribution in [-0.2, 0) is 11.2 Å². The van der Waals surface area contributed by atoms with Crippen LogP contribution in [0.1, 0.15) is 43.3 Å². The van der Waals surface area contributed by atoms with Crippen molar-refractivity contribution in [2.24, 2.45) is 0 Å². The Morgan fingerprint density at radius 1 is 1.29 bits per heavy atom. The molecule has 1 saturated carbocycles. The summed E-state index contributed by atoms with van der Waals surface area (Å²) in [7, 11) is 0. The van der Waals surface area contributed by atoms with E-state index in [0.29, 0.717) is 29.9 Å². The van der Waals surface area contributed by atoms with Gasteiger partial charge >= 0.3 is 0 Å². The Labute approximate surface area is 159 Å². The molecule has 3 aromatic heterocycles. The lowest BCUT2D eigenvalue weighted by Crippen LogP contribution is -2.12. The molecule has 5 rings (SSSR count). The zero-order valence-corrected chi connectivity index (χ0v) is 15.0. The minimum absolute atomic E-state index is 0.127. The number of aromatic nitrogens is 7. The van der Waals surface area contributed by atoms with Gasteiger partial charge in [0.1, 0.15) is 12.2 Å². The molecule has 1 amide bonds. The summed E-state index contributed by atoms with van der Waals surface area (Å²) in [4.78, 5) is 28.5. The Balaban J connectivity index is 1.20. The molecule has 28 heavy (non-hydrogen) atoms. The minimum Gasteiger partial charge on any atom is -0.342 e. The zero-order valence-electron chi connectivity index (χ0n) is 15.0. The molecular formula is C18H18N8O2. The number of benzene rings is 1. The van der Waals surface area contributed by atoms with E-state index in [1.807, 2.05) is 18.2 Å². The predicted octanol–water partition coefficient (Wildman–Crippen LogP) is 2.57. The van der Waals surface area contributed by atoms with Gasteiger partial charge in [-0.25, -0.2) is 9.97 Å². The zero-order chi connectivity index (χ0) is 18.9. The van der Waals surface area contributed by atoms with E-state index in [1.165, 1.54) is 25.6 Å². The van der Waals surface area contributed by atoms with Crippen molar-refractivity contribution in [1.29, 1.82) is 0 Å². The number of carbonyl (C=O) groups is 1. The van der Waals surface area contributed by atoms with Crippen LogP contribution in [0.5, 0.6) is 0 Å². The van der Waals surface area contributed by atoms with E-state index in [1.54, 1.807) is 0 Å². The lowest BCUT2D eigenvalue weighted by Gasteiger charge is -2.22. The highest BCUT2D eigenvalue weighted by Crippen LogP contribution is 2.35. The van der Waals surface area contributed by atoms with Gasteiger partial charge in [-0.15, -0.1) is 0 Å². The summed E-state index contributed by atoms with van der Waals surface area (Å²) in [5.41, 5.74) is 2.59. The molecule has 3 heterocycles. The molecule has 0 spiro atoms. The maximum Gasteiger partial charge on any atom is 0.239 e. The smallest absolute Gasteiger partial charge is 0.239 e. The molecule has 0 unspecified atom stereocenters. The lowest BCUT2D eigenvalue weighted by atomic mass is 9.85. The van der Waals surface area contributed by atoms with Crippen molar-refractivity contribution >= 4 is 22.6 Å². The summed E-state index contributed by atoms with van der Waals surface area (Å²) in [5, 5.41) is 13.1. The number of rotatable bonds is 6. The second-order valence-corrected chi connectivity index (χ2v) is 6.88. The van der Waals surface area contributed by atoms with E-state index in [4.69, 9.17) is 4.52 Å². The molecule has 0 atom stereocenters. The van der Waals surface area contributed by atoms with Crippen LogP contribution < -0.4 is 5.32 Å². The maximum atomic E-state index is 12.3. The van der Waals surface area contributed by atoms with Gasteiger partial charge in [0.15, 0.2) is 5.82 Å². The van der Waals surface area contributed by atoms with Crippen LogP contribution >= 0.6 is 0 Å². The Morgan fingerprint density at radius 2 is 2.21 bits per heavy atom. The van der Waals surface area contributed by atoms with Gasteiger partial charge in [0.2, 0.25) is 17.6 Å². The molecule has 1 aromatic carbocycles. The Kier molecular flexibility index (Phi) is 4.08. The molecule has 3 N–H and O–H groups in total. The number of anilines is 1. The third kappa shape index (κ3) is 3.24. The Morgan fingerprint density at radius 3 is 3.00 bits per heavy atom. The molecule has 0 radical (unpaired) electrons. The second kappa shape index (κ2) is 6.87. The molecule has 4 aromatic rings. The second-order valence-electron chi connectivity index (χ2n) is 6.88. The average molecular weight is 378 g/mol. The van der Waals surface area contributed by atoms with Crippen molar-refractivity contribution < 1.29 is 9.32 Å². The number of amides is 1. The first-order chi connectivity index (χ1) is 13.7. The summed E-state index contributed by atoms with van der Waals surface area (Å²) >= 11 is 0. The fourth-order valence-corrected chi connectivity index (χ4v) is 3.19. The van der Waals surface area contributed by atoms with Gasteiger partial charge in [-0.3, -0.25) is 9.89 Å². The van der Waals surface area contributed by atoms with Crippen LogP contribution in [0.4, 0.5) is 5.69 Å². The lowest BCUT2D eigenvalue weighted by molar-refractivity contribution is -0.116. The quantitative estimate of drug-likeness (QED) is 0.468. The van der Waals surface area contributed by atoms with Gasteiger partial charge in [-0.1, -0.05) is 11.6 Å². The number of carbonyl (C=O) groups excluding carboxylic acids is 1. The van der Waals surface area contributed by atoms with E-state index >= 15 is 0 Å². The van der Waals surface area contributed by atoms with Crippen LogP contribution in [0.2, 0.25) is 0 Å². The highest BCUT2D eigenvalue weighted by atomic mass is 16.5. The van der Waals surface area contributed by atoms with Gasteiger partial charge in [-0.2, -0.15) is 10.1 Å². The van der Waals surface area contributed by atoms with Crippen LogP contribution in [0.15, 0.2) is 29.0 Å². The largest absolute Gasteiger partial charge is 0.342 e. The van der Waals surface area contributed by atoms with Gasteiger partial charge in [0.05, 0.1) is 11.0 Å². The third-order valence-corrected chi connectivity index (χ3v) is 4.94. The fourth-order valence-electron chi connectivity index (χ4n) is 3.19. The molecule has 0 bridgehead atoms. The molecule has 0 saturated heterocycles. The van der Waals surface area contributed by atoms with E-state index in [0.717, 1.165) is 22.5 Å². The average Bonchev–Trinajstić information content (AvgIpc) is 3.38. The van der Waals surface area contributed by atoms with Gasteiger partial charge in [0, 0.05) is 24.4 Å². The number of hydrogen-bond acceptors (Lipinski definition) is 7. The first-order valence-electron chi connectivity index (χ1n) is 9.22. The SMILES string of the molecule is O=C(CCc1nc(-c2ncn[nH]2)no1)Nc1ccc2nc(C3CCC3)[nH]c2c1. The highest BCUT2D eigenvalue weighted by molar-refractivity contribution is 5.93. The first-order valence-corrected chi connectivity index (χ1v) is 9.22. The van der Waals surface area contributed by atoms with Crippen molar-refractivity contribution in [1.82, 2.24) is 35.3 Å². The third-order valence-electron chi connectivity index (χ3n) is 4.94. The number of nitrogens with zero attached hydrogens (tertiary/aromatic N) is 5. The predicted molar refractivity (Wildman–Crippen MR) is 99.3 cm³/mol.